The van der Waals surface area contributed by atoms with E-state index in [0.29, 0.717) is 13.1 Å². The quantitative estimate of drug-likeness (QED) is 0.878. The highest BCUT2D eigenvalue weighted by molar-refractivity contribution is 5.79. The van der Waals surface area contributed by atoms with Gasteiger partial charge >= 0.3 is 0 Å². The van der Waals surface area contributed by atoms with Gasteiger partial charge in [0.25, 0.3) is 0 Å². The maximum absolute atomic E-state index is 12.1. The lowest BCUT2D eigenvalue weighted by Crippen LogP contribution is -2.43. The Hall–Kier alpha value is -1.98. The number of carbonyl (C=O) groups is 1. The van der Waals surface area contributed by atoms with Crippen molar-refractivity contribution >= 4 is 16.8 Å². The number of benzene rings is 1. The van der Waals surface area contributed by atoms with E-state index in [1.807, 2.05) is 24.4 Å². The maximum atomic E-state index is 12.1. The zero-order valence-electron chi connectivity index (χ0n) is 13.4. The summed E-state index contributed by atoms with van der Waals surface area (Å²) in [5.74, 6) is 0.209. The molecule has 0 aliphatic carbocycles. The van der Waals surface area contributed by atoms with Gasteiger partial charge in [-0.2, -0.15) is 0 Å². The number of nitrogens with zero attached hydrogens (tertiary/aromatic N) is 2. The van der Waals surface area contributed by atoms with Crippen LogP contribution in [0.3, 0.4) is 0 Å². The highest BCUT2D eigenvalue weighted by Crippen LogP contribution is 2.20. The minimum atomic E-state index is 0.0729. The number of rotatable bonds is 5. The number of hydrogen-bond acceptors (Lipinski definition) is 4. The maximum Gasteiger partial charge on any atom is 0.224 e. The van der Waals surface area contributed by atoms with E-state index < -0.39 is 0 Å². The molecule has 122 valence electrons. The van der Waals surface area contributed by atoms with Gasteiger partial charge in [0.15, 0.2) is 0 Å². The van der Waals surface area contributed by atoms with E-state index in [9.17, 15) is 4.79 Å². The summed E-state index contributed by atoms with van der Waals surface area (Å²) in [5, 5.41) is 4.07. The van der Waals surface area contributed by atoms with Crippen LogP contribution in [0, 0.1) is 5.92 Å². The summed E-state index contributed by atoms with van der Waals surface area (Å²) in [7, 11) is 0. The Bertz CT molecular complexity index is 673. The standard InChI is InChI=1S/C18H24N4O/c19-7-8-20-18(23)16-5-3-9-22(13-16)12-14-10-15-4-1-2-6-17(15)21-11-14/h1-2,4,6,10-11,16H,3,5,7-9,12-13,19H2,(H,20,23). The van der Waals surface area contributed by atoms with Gasteiger partial charge < -0.3 is 11.1 Å². The van der Waals surface area contributed by atoms with Crippen LogP contribution in [0.25, 0.3) is 10.9 Å². The van der Waals surface area contributed by atoms with Crippen molar-refractivity contribution in [2.75, 3.05) is 26.2 Å². The van der Waals surface area contributed by atoms with Crippen molar-refractivity contribution in [3.63, 3.8) is 0 Å². The third kappa shape index (κ3) is 4.06. The van der Waals surface area contributed by atoms with E-state index in [-0.39, 0.29) is 11.8 Å². The number of aromatic nitrogens is 1. The predicted molar refractivity (Wildman–Crippen MR) is 91.8 cm³/mol. The van der Waals surface area contributed by atoms with Crippen molar-refractivity contribution in [2.45, 2.75) is 19.4 Å². The third-order valence-electron chi connectivity index (χ3n) is 4.37. The van der Waals surface area contributed by atoms with E-state index in [0.717, 1.165) is 38.0 Å². The van der Waals surface area contributed by atoms with E-state index in [1.165, 1.54) is 10.9 Å². The number of likely N-dealkylation sites (tertiary alicyclic amines) is 1. The number of amides is 1. The molecular weight excluding hydrogens is 288 g/mol. The van der Waals surface area contributed by atoms with Gasteiger partial charge in [0.2, 0.25) is 5.91 Å². The lowest BCUT2D eigenvalue weighted by atomic mass is 9.96. The lowest BCUT2D eigenvalue weighted by Gasteiger charge is -2.32. The molecule has 1 saturated heterocycles. The fraction of sp³-hybridized carbons (Fsp3) is 0.444. The molecule has 0 spiro atoms. The molecule has 2 heterocycles. The van der Waals surface area contributed by atoms with Crippen LogP contribution in [-0.4, -0.2) is 42.0 Å². The molecule has 1 atom stereocenters. The average molecular weight is 312 g/mol. The van der Waals surface area contributed by atoms with Crippen molar-refractivity contribution < 1.29 is 4.79 Å². The zero-order chi connectivity index (χ0) is 16.1. The lowest BCUT2D eigenvalue weighted by molar-refractivity contribution is -0.126. The van der Waals surface area contributed by atoms with Gasteiger partial charge in [0.05, 0.1) is 11.4 Å². The average Bonchev–Trinajstić information content (AvgIpc) is 2.60. The largest absolute Gasteiger partial charge is 0.355 e. The molecule has 3 N–H and O–H groups in total. The molecule has 1 amide bonds. The summed E-state index contributed by atoms with van der Waals surface area (Å²) in [6.07, 6.45) is 3.96. The van der Waals surface area contributed by atoms with Crippen molar-refractivity contribution in [3.05, 3.63) is 42.1 Å². The molecule has 0 saturated carbocycles. The van der Waals surface area contributed by atoms with Crippen LogP contribution in [0.4, 0.5) is 0 Å². The second kappa shape index (κ2) is 7.53. The molecule has 0 radical (unpaired) electrons. The van der Waals surface area contributed by atoms with Gasteiger partial charge in [-0.05, 0) is 37.1 Å². The van der Waals surface area contributed by atoms with Crippen LogP contribution in [0.2, 0.25) is 0 Å². The van der Waals surface area contributed by atoms with Crippen LogP contribution in [0.5, 0.6) is 0 Å². The van der Waals surface area contributed by atoms with Crippen molar-refractivity contribution in [1.29, 1.82) is 0 Å². The number of fused-ring (bicyclic) bond motifs is 1. The Balaban J connectivity index is 1.63. The van der Waals surface area contributed by atoms with Crippen molar-refractivity contribution in [2.24, 2.45) is 11.7 Å². The summed E-state index contributed by atoms with van der Waals surface area (Å²) < 4.78 is 0. The summed E-state index contributed by atoms with van der Waals surface area (Å²) >= 11 is 0. The SMILES string of the molecule is NCCNC(=O)C1CCCN(Cc2cnc3ccccc3c2)C1. The number of hydrogen-bond donors (Lipinski definition) is 2. The number of pyridine rings is 1. The second-order valence-corrected chi connectivity index (χ2v) is 6.19. The van der Waals surface area contributed by atoms with Gasteiger partial charge in [0, 0.05) is 37.8 Å². The molecule has 1 aromatic heterocycles. The number of carbonyl (C=O) groups excluding carboxylic acids is 1. The molecule has 1 unspecified atom stereocenters. The first-order valence-corrected chi connectivity index (χ1v) is 8.30. The molecule has 0 bridgehead atoms. The minimum absolute atomic E-state index is 0.0729. The Morgan fingerprint density at radius 3 is 3.13 bits per heavy atom. The highest BCUT2D eigenvalue weighted by Gasteiger charge is 2.25. The molecular formula is C18H24N4O. The first kappa shape index (κ1) is 15.9. The molecule has 1 aliphatic rings. The Morgan fingerprint density at radius 1 is 1.39 bits per heavy atom. The van der Waals surface area contributed by atoms with E-state index in [2.05, 4.69) is 27.3 Å². The van der Waals surface area contributed by atoms with Gasteiger partial charge in [-0.25, -0.2) is 0 Å². The molecule has 1 aliphatic heterocycles. The van der Waals surface area contributed by atoms with E-state index >= 15 is 0 Å². The number of nitrogens with one attached hydrogen (secondary N) is 1. The Kier molecular flexibility index (Phi) is 5.20. The van der Waals surface area contributed by atoms with Crippen LogP contribution in [0.1, 0.15) is 18.4 Å². The molecule has 23 heavy (non-hydrogen) atoms. The number of piperidine rings is 1. The smallest absolute Gasteiger partial charge is 0.224 e. The predicted octanol–water partition coefficient (Wildman–Crippen LogP) is 1.52. The Labute approximate surface area is 136 Å². The zero-order valence-corrected chi connectivity index (χ0v) is 13.4. The normalized spacial score (nSPS) is 18.9. The highest BCUT2D eigenvalue weighted by atomic mass is 16.1. The first-order chi connectivity index (χ1) is 11.3. The topological polar surface area (TPSA) is 71.2 Å². The molecule has 5 nitrogen and oxygen atoms in total. The van der Waals surface area contributed by atoms with Gasteiger partial charge in [-0.1, -0.05) is 18.2 Å². The van der Waals surface area contributed by atoms with E-state index in [1.54, 1.807) is 0 Å². The molecule has 2 aromatic rings. The van der Waals surface area contributed by atoms with Crippen LogP contribution in [-0.2, 0) is 11.3 Å². The fourth-order valence-corrected chi connectivity index (χ4v) is 3.21. The minimum Gasteiger partial charge on any atom is -0.355 e. The molecule has 1 fully saturated rings. The van der Waals surface area contributed by atoms with Crippen LogP contribution in [0.15, 0.2) is 36.5 Å². The van der Waals surface area contributed by atoms with Gasteiger partial charge in [0.1, 0.15) is 0 Å². The molecule has 1 aromatic carbocycles. The molecule has 5 heteroatoms. The fourth-order valence-electron chi connectivity index (χ4n) is 3.21. The first-order valence-electron chi connectivity index (χ1n) is 8.30. The van der Waals surface area contributed by atoms with Crippen molar-refractivity contribution in [1.82, 2.24) is 15.2 Å². The summed E-state index contributed by atoms with van der Waals surface area (Å²) in [6, 6.07) is 10.3. The summed E-state index contributed by atoms with van der Waals surface area (Å²) in [6.45, 7) is 3.74. The monoisotopic (exact) mass is 312 g/mol. The Morgan fingerprint density at radius 2 is 2.26 bits per heavy atom. The van der Waals surface area contributed by atoms with Gasteiger partial charge in [-0.15, -0.1) is 0 Å². The number of nitrogens with two attached hydrogens (primary N) is 1. The van der Waals surface area contributed by atoms with Crippen LogP contribution < -0.4 is 11.1 Å². The van der Waals surface area contributed by atoms with Crippen LogP contribution >= 0.6 is 0 Å². The van der Waals surface area contributed by atoms with E-state index in [4.69, 9.17) is 5.73 Å². The summed E-state index contributed by atoms with van der Waals surface area (Å²) in [4.78, 5) is 19.0. The molecule has 3 rings (SSSR count). The van der Waals surface area contributed by atoms with Crippen molar-refractivity contribution in [3.8, 4) is 0 Å². The van der Waals surface area contributed by atoms with Gasteiger partial charge in [-0.3, -0.25) is 14.7 Å². The number of para-hydroxylation sites is 1. The second-order valence-electron chi connectivity index (χ2n) is 6.19. The summed E-state index contributed by atoms with van der Waals surface area (Å²) in [5.41, 5.74) is 7.67. The third-order valence-corrected chi connectivity index (χ3v) is 4.37.